The van der Waals surface area contributed by atoms with Gasteiger partial charge >= 0.3 is 0 Å². The summed E-state index contributed by atoms with van der Waals surface area (Å²) in [7, 11) is 0. The molecule has 0 radical (unpaired) electrons. The Morgan fingerprint density at radius 1 is 0.875 bits per heavy atom. The standard InChI is InChI=1S/C26H20FN5/c1-17-7-9-21(23(27)13-17)18-8-10-24-22(14-18)26(30-16-20-6-2-3-12-29-20)32-25(31-24)19-5-4-11-28-15-19/h2-15H,16H2,1H3,(H,30,31,32). The van der Waals surface area contributed by atoms with Gasteiger partial charge in [-0.2, -0.15) is 0 Å². The van der Waals surface area contributed by atoms with Crippen LogP contribution in [-0.2, 0) is 6.54 Å². The largest absolute Gasteiger partial charge is 0.364 e. The molecule has 3 aromatic heterocycles. The van der Waals surface area contributed by atoms with Gasteiger partial charge in [0, 0.05) is 35.1 Å². The van der Waals surface area contributed by atoms with Crippen LogP contribution < -0.4 is 5.32 Å². The number of aromatic nitrogens is 4. The molecule has 1 N–H and O–H groups in total. The smallest absolute Gasteiger partial charge is 0.163 e. The number of nitrogens with zero attached hydrogens (tertiary/aromatic N) is 4. The van der Waals surface area contributed by atoms with Gasteiger partial charge in [-0.25, -0.2) is 14.4 Å². The molecular weight excluding hydrogens is 401 g/mol. The van der Waals surface area contributed by atoms with Crippen LogP contribution in [0.1, 0.15) is 11.3 Å². The van der Waals surface area contributed by atoms with Crippen molar-refractivity contribution in [2.24, 2.45) is 0 Å². The summed E-state index contributed by atoms with van der Waals surface area (Å²) in [6.07, 6.45) is 5.21. The first-order chi connectivity index (χ1) is 15.7. The average molecular weight is 421 g/mol. The molecule has 3 heterocycles. The van der Waals surface area contributed by atoms with Gasteiger partial charge in [-0.15, -0.1) is 0 Å². The Balaban J connectivity index is 1.63. The van der Waals surface area contributed by atoms with Crippen LogP contribution in [0.3, 0.4) is 0 Å². The van der Waals surface area contributed by atoms with Gasteiger partial charge in [0.2, 0.25) is 0 Å². The second-order valence-electron chi connectivity index (χ2n) is 7.53. The molecular formula is C26H20FN5. The van der Waals surface area contributed by atoms with Gasteiger partial charge in [-0.3, -0.25) is 9.97 Å². The van der Waals surface area contributed by atoms with E-state index in [1.165, 1.54) is 0 Å². The Kier molecular flexibility index (Phi) is 5.25. The summed E-state index contributed by atoms with van der Waals surface area (Å²) in [6.45, 7) is 2.38. The lowest BCUT2D eigenvalue weighted by Crippen LogP contribution is -2.05. The minimum atomic E-state index is -0.250. The quantitative estimate of drug-likeness (QED) is 0.388. The minimum Gasteiger partial charge on any atom is -0.364 e. The second kappa shape index (κ2) is 8.51. The van der Waals surface area contributed by atoms with E-state index in [2.05, 4.69) is 15.3 Å². The monoisotopic (exact) mass is 421 g/mol. The van der Waals surface area contributed by atoms with Crippen molar-refractivity contribution in [2.45, 2.75) is 13.5 Å². The number of benzene rings is 2. The highest BCUT2D eigenvalue weighted by atomic mass is 19.1. The van der Waals surface area contributed by atoms with Crippen molar-refractivity contribution in [1.29, 1.82) is 0 Å². The first kappa shape index (κ1) is 19.8. The van der Waals surface area contributed by atoms with Crippen LogP contribution in [0.25, 0.3) is 33.4 Å². The highest BCUT2D eigenvalue weighted by Crippen LogP contribution is 2.31. The van der Waals surface area contributed by atoms with Crippen LogP contribution in [0.4, 0.5) is 10.2 Å². The highest BCUT2D eigenvalue weighted by Gasteiger charge is 2.13. The van der Waals surface area contributed by atoms with Crippen LogP contribution in [-0.4, -0.2) is 19.9 Å². The van der Waals surface area contributed by atoms with Crippen LogP contribution in [0.2, 0.25) is 0 Å². The first-order valence-corrected chi connectivity index (χ1v) is 10.3. The van der Waals surface area contributed by atoms with Gasteiger partial charge in [0.15, 0.2) is 5.82 Å². The maximum absolute atomic E-state index is 14.6. The molecule has 2 aromatic carbocycles. The third-order valence-corrected chi connectivity index (χ3v) is 5.21. The van der Waals surface area contributed by atoms with Gasteiger partial charge < -0.3 is 5.32 Å². The molecule has 5 aromatic rings. The van der Waals surface area contributed by atoms with Gasteiger partial charge in [0.05, 0.1) is 17.8 Å². The molecule has 0 amide bonds. The number of hydrogen-bond donors (Lipinski definition) is 1. The zero-order chi connectivity index (χ0) is 21.9. The van der Waals surface area contributed by atoms with Crippen molar-refractivity contribution in [1.82, 2.24) is 19.9 Å². The van der Waals surface area contributed by atoms with Crippen molar-refractivity contribution in [2.75, 3.05) is 5.32 Å². The fourth-order valence-electron chi connectivity index (χ4n) is 3.59. The third kappa shape index (κ3) is 4.03. The second-order valence-corrected chi connectivity index (χ2v) is 7.53. The zero-order valence-corrected chi connectivity index (χ0v) is 17.5. The summed E-state index contributed by atoms with van der Waals surface area (Å²) in [4.78, 5) is 18.1. The predicted octanol–water partition coefficient (Wildman–Crippen LogP) is 5.81. The zero-order valence-electron chi connectivity index (χ0n) is 17.5. The lowest BCUT2D eigenvalue weighted by atomic mass is 10.0. The summed E-state index contributed by atoms with van der Waals surface area (Å²) in [5.41, 5.74) is 4.68. The normalized spacial score (nSPS) is 10.9. The van der Waals surface area contributed by atoms with E-state index in [0.29, 0.717) is 23.8 Å². The predicted molar refractivity (Wildman–Crippen MR) is 124 cm³/mol. The molecule has 0 saturated heterocycles. The number of rotatable bonds is 5. The molecule has 0 aliphatic heterocycles. The minimum absolute atomic E-state index is 0.250. The number of anilines is 1. The van der Waals surface area contributed by atoms with E-state index in [0.717, 1.165) is 33.3 Å². The molecule has 5 nitrogen and oxygen atoms in total. The molecule has 6 heteroatoms. The Labute approximate surface area is 185 Å². The van der Waals surface area contributed by atoms with E-state index in [-0.39, 0.29) is 5.82 Å². The van der Waals surface area contributed by atoms with E-state index >= 15 is 0 Å². The van der Waals surface area contributed by atoms with Crippen LogP contribution >= 0.6 is 0 Å². The van der Waals surface area contributed by atoms with Crippen molar-refractivity contribution in [3.05, 3.63) is 102 Å². The lowest BCUT2D eigenvalue weighted by molar-refractivity contribution is 0.630. The number of hydrogen-bond acceptors (Lipinski definition) is 5. The van der Waals surface area contributed by atoms with E-state index < -0.39 is 0 Å². The fourth-order valence-corrected chi connectivity index (χ4v) is 3.59. The third-order valence-electron chi connectivity index (χ3n) is 5.21. The van der Waals surface area contributed by atoms with E-state index in [9.17, 15) is 4.39 Å². The van der Waals surface area contributed by atoms with Crippen LogP contribution in [0.15, 0.2) is 85.3 Å². The molecule has 0 saturated carbocycles. The van der Waals surface area contributed by atoms with E-state index in [4.69, 9.17) is 9.97 Å². The van der Waals surface area contributed by atoms with E-state index in [1.807, 2.05) is 61.5 Å². The summed E-state index contributed by atoms with van der Waals surface area (Å²) < 4.78 is 14.6. The lowest BCUT2D eigenvalue weighted by Gasteiger charge is -2.13. The molecule has 0 spiro atoms. The van der Waals surface area contributed by atoms with Gasteiger partial charge in [-0.1, -0.05) is 24.3 Å². The molecule has 0 aliphatic rings. The highest BCUT2D eigenvalue weighted by molar-refractivity contribution is 5.94. The molecule has 0 atom stereocenters. The van der Waals surface area contributed by atoms with Gasteiger partial charge in [0.25, 0.3) is 0 Å². The molecule has 5 rings (SSSR count). The Hall–Kier alpha value is -4.19. The van der Waals surface area contributed by atoms with Crippen LogP contribution in [0.5, 0.6) is 0 Å². The van der Waals surface area contributed by atoms with E-state index in [1.54, 1.807) is 30.7 Å². The van der Waals surface area contributed by atoms with Gasteiger partial charge in [-0.05, 0) is 60.5 Å². The van der Waals surface area contributed by atoms with Gasteiger partial charge in [0.1, 0.15) is 11.6 Å². The number of halogens is 1. The van der Waals surface area contributed by atoms with Crippen molar-refractivity contribution in [3.63, 3.8) is 0 Å². The average Bonchev–Trinajstić information content (AvgIpc) is 2.83. The fraction of sp³-hybridized carbons (Fsp3) is 0.0769. The van der Waals surface area contributed by atoms with Crippen molar-refractivity contribution in [3.8, 4) is 22.5 Å². The SMILES string of the molecule is Cc1ccc(-c2ccc3nc(-c4cccnc4)nc(NCc4ccccn4)c3c2)c(F)c1. The molecule has 0 bridgehead atoms. The number of pyridine rings is 2. The molecule has 0 fully saturated rings. The summed E-state index contributed by atoms with van der Waals surface area (Å²) >= 11 is 0. The maximum Gasteiger partial charge on any atom is 0.163 e. The molecule has 0 aliphatic carbocycles. The first-order valence-electron chi connectivity index (χ1n) is 10.3. The molecule has 32 heavy (non-hydrogen) atoms. The molecule has 0 unspecified atom stereocenters. The Morgan fingerprint density at radius 2 is 1.81 bits per heavy atom. The van der Waals surface area contributed by atoms with Crippen molar-refractivity contribution < 1.29 is 4.39 Å². The number of aryl methyl sites for hydroxylation is 1. The molecule has 156 valence electrons. The van der Waals surface area contributed by atoms with Crippen LogP contribution in [0, 0.1) is 12.7 Å². The summed E-state index contributed by atoms with van der Waals surface area (Å²) in [6, 6.07) is 20.5. The Morgan fingerprint density at radius 3 is 2.59 bits per heavy atom. The Bertz CT molecular complexity index is 1390. The maximum atomic E-state index is 14.6. The van der Waals surface area contributed by atoms with Crippen molar-refractivity contribution >= 4 is 16.7 Å². The number of nitrogens with one attached hydrogen (secondary N) is 1. The number of fused-ring (bicyclic) bond motifs is 1. The topological polar surface area (TPSA) is 63.6 Å². The summed E-state index contributed by atoms with van der Waals surface area (Å²) in [5, 5.41) is 4.20. The summed E-state index contributed by atoms with van der Waals surface area (Å²) in [5.74, 6) is 0.984.